The monoisotopic (exact) mass is 1610 g/mol. The minimum absolute atomic E-state index is 0.298. The quantitative estimate of drug-likeness (QED) is 0.0548. The average Bonchev–Trinajstić information content (AvgIpc) is 0.719. The molecular formula is C106H60F10N6. The van der Waals surface area contributed by atoms with Crippen LogP contribution in [0.3, 0.4) is 0 Å². The maximum absolute atomic E-state index is 16.6. The van der Waals surface area contributed by atoms with Crippen LogP contribution in [-0.4, -0.2) is 0 Å². The van der Waals surface area contributed by atoms with E-state index in [1.54, 1.807) is 158 Å². The van der Waals surface area contributed by atoms with Crippen molar-refractivity contribution in [1.82, 2.24) is 0 Å². The van der Waals surface area contributed by atoms with Gasteiger partial charge >= 0.3 is 0 Å². The highest BCUT2D eigenvalue weighted by atomic mass is 19.2. The summed E-state index contributed by atoms with van der Waals surface area (Å²) in [6.45, 7) is 7.53. The van der Waals surface area contributed by atoms with Crippen LogP contribution < -0.4 is 19.6 Å². The molecule has 20 aromatic carbocycles. The van der Waals surface area contributed by atoms with E-state index < -0.39 is 58.2 Å². The van der Waals surface area contributed by atoms with E-state index in [0.29, 0.717) is 123 Å². The van der Waals surface area contributed by atoms with Crippen LogP contribution >= 0.6 is 0 Å². The summed E-state index contributed by atoms with van der Waals surface area (Å²) < 4.78 is 161. The van der Waals surface area contributed by atoms with Gasteiger partial charge < -0.3 is 19.6 Å². The standard InChI is InChI=1S/C54H30F4N4.C52H30F6N2/c1-60-40-18-22-42(23-19-40)62(54-47(57)30-39(31-48(54)58)35-10-6-3-7-11-35)50-27-17-37-14-24-43-49(26-16-36-15-25-44(50)52(37)51(36)43)61(41-20-12-33(32-59)13-21-41)53-45(55)28-38(29-46(53)56)34-8-4-2-5-9-34;53-37-15-19-39(20-16-37)59(51-43(55)27-35(28-44(51)56)31-7-3-1-4-8-31)47-25-13-33-12-24-42-48(26-14-34-11-23-41(47)49(33)50(34)42)60(40-21-17-38(54)18-22-40)52-45(57)29-36(30-46(52)58)32-9-5-2-6-10-32/h2-31H;1-30H. The van der Waals surface area contributed by atoms with Crippen LogP contribution in [0.2, 0.25) is 0 Å². The van der Waals surface area contributed by atoms with Crippen molar-refractivity contribution in [2.45, 2.75) is 0 Å². The Labute approximate surface area is 693 Å². The van der Waals surface area contributed by atoms with Gasteiger partial charge in [0.2, 0.25) is 0 Å². The highest BCUT2D eigenvalue weighted by Gasteiger charge is 2.32. The Balaban J connectivity index is 0.000000161. The largest absolute Gasteiger partial charge is 0.305 e. The van der Waals surface area contributed by atoms with E-state index in [9.17, 15) is 14.0 Å². The van der Waals surface area contributed by atoms with E-state index in [4.69, 9.17) is 6.57 Å². The Kier molecular flexibility index (Phi) is 19.6. The molecule has 0 unspecified atom stereocenters. The predicted molar refractivity (Wildman–Crippen MR) is 471 cm³/mol. The summed E-state index contributed by atoms with van der Waals surface area (Å²) in [7, 11) is 0. The molecule has 0 aliphatic carbocycles. The van der Waals surface area contributed by atoms with Crippen LogP contribution in [0.5, 0.6) is 0 Å². The maximum atomic E-state index is 16.6. The molecular weight excluding hydrogens is 1550 g/mol. The number of nitrogens with zero attached hydrogens (tertiary/aromatic N) is 6. The van der Waals surface area contributed by atoms with E-state index in [1.165, 1.54) is 117 Å². The van der Waals surface area contributed by atoms with Gasteiger partial charge in [-0.05, 0) is 245 Å². The lowest BCUT2D eigenvalue weighted by atomic mass is 9.91. The number of rotatable bonds is 16. The maximum Gasteiger partial charge on any atom is 0.187 e. The van der Waals surface area contributed by atoms with Crippen molar-refractivity contribution in [2.24, 2.45) is 0 Å². The highest BCUT2D eigenvalue weighted by molar-refractivity contribution is 6.30. The fourth-order valence-electron chi connectivity index (χ4n) is 16.7. The second-order valence-corrected chi connectivity index (χ2v) is 29.4. The first-order valence-electron chi connectivity index (χ1n) is 38.8. The molecule has 20 rings (SSSR count). The topological polar surface area (TPSA) is 41.1 Å². The van der Waals surface area contributed by atoms with Crippen molar-refractivity contribution in [1.29, 1.82) is 5.26 Å². The summed E-state index contributed by atoms with van der Waals surface area (Å²) in [5, 5.41) is 18.4. The molecule has 16 heteroatoms. The van der Waals surface area contributed by atoms with E-state index in [1.807, 2.05) is 109 Å². The van der Waals surface area contributed by atoms with Gasteiger partial charge in [0.05, 0.1) is 41.0 Å². The second-order valence-electron chi connectivity index (χ2n) is 29.4. The molecule has 0 radical (unpaired) electrons. The average molecular weight is 1610 g/mol. The molecule has 0 atom stereocenters. The van der Waals surface area contributed by atoms with Gasteiger partial charge in [0.1, 0.15) is 34.4 Å². The summed E-state index contributed by atoms with van der Waals surface area (Å²) in [5.74, 6) is -7.51. The van der Waals surface area contributed by atoms with Crippen LogP contribution in [-0.2, 0) is 0 Å². The summed E-state index contributed by atoms with van der Waals surface area (Å²) in [6, 6.07) is 102. The number of benzene rings is 20. The van der Waals surface area contributed by atoms with Crippen LogP contribution in [0.15, 0.2) is 364 Å². The second kappa shape index (κ2) is 31.4. The third kappa shape index (κ3) is 13.7. The van der Waals surface area contributed by atoms with E-state index in [0.717, 1.165) is 43.1 Å². The summed E-state index contributed by atoms with van der Waals surface area (Å²) in [6.07, 6.45) is 0. The molecule has 584 valence electrons. The molecule has 0 aliphatic heterocycles. The van der Waals surface area contributed by atoms with Crippen molar-refractivity contribution in [3.8, 4) is 50.6 Å². The van der Waals surface area contributed by atoms with Gasteiger partial charge in [0.25, 0.3) is 0 Å². The third-order valence-corrected chi connectivity index (χ3v) is 22.3. The SMILES string of the molecule is Fc1ccc(N(c2c(F)cc(-c3ccccc3)cc2F)c2ccc3ccc4c(N(c5ccc(F)cc5)c5c(F)cc(-c6ccccc6)cc5F)ccc5ccc2c3c54)cc1.[C-]#[N+]c1ccc(N(c2c(F)cc(-c3ccccc3)cc2F)c2ccc3ccc4c(N(c5ccc(C#N)cc5)c5c(F)cc(-c6ccccc6)cc5F)ccc5ccc2c3c54)cc1. The van der Waals surface area contributed by atoms with Gasteiger partial charge in [-0.1, -0.05) is 206 Å². The summed E-state index contributed by atoms with van der Waals surface area (Å²) in [5.41, 5.74) is 6.69. The van der Waals surface area contributed by atoms with Crippen molar-refractivity contribution in [3.63, 3.8) is 0 Å². The molecule has 0 bridgehead atoms. The van der Waals surface area contributed by atoms with Crippen molar-refractivity contribution in [2.75, 3.05) is 19.6 Å². The predicted octanol–water partition coefficient (Wildman–Crippen LogP) is 31.5. The van der Waals surface area contributed by atoms with E-state index in [-0.39, 0.29) is 22.7 Å². The Morgan fingerprint density at radius 1 is 0.230 bits per heavy atom. The van der Waals surface area contributed by atoms with Gasteiger partial charge in [0, 0.05) is 44.3 Å². The van der Waals surface area contributed by atoms with Gasteiger partial charge in [-0.2, -0.15) is 5.26 Å². The number of anilines is 12. The molecule has 0 N–H and O–H groups in total. The lowest BCUT2D eigenvalue weighted by molar-refractivity contribution is 0.586. The van der Waals surface area contributed by atoms with E-state index in [2.05, 4.69) is 10.9 Å². The normalized spacial score (nSPS) is 11.3. The Morgan fingerprint density at radius 3 is 0.664 bits per heavy atom. The zero-order valence-electron chi connectivity index (χ0n) is 64.1. The number of hydrogen-bond donors (Lipinski definition) is 0. The lowest BCUT2D eigenvalue weighted by Gasteiger charge is -2.30. The molecule has 0 aromatic heterocycles. The van der Waals surface area contributed by atoms with Crippen molar-refractivity contribution >= 4 is 139 Å². The third-order valence-electron chi connectivity index (χ3n) is 22.3. The van der Waals surface area contributed by atoms with Crippen molar-refractivity contribution < 1.29 is 43.9 Å². The van der Waals surface area contributed by atoms with Crippen LogP contribution in [0, 0.1) is 76.1 Å². The molecule has 0 aliphatic rings. The fraction of sp³-hybridized carbons (Fsp3) is 0. The van der Waals surface area contributed by atoms with Crippen LogP contribution in [0.1, 0.15) is 5.56 Å². The molecule has 0 heterocycles. The Bertz CT molecular complexity index is 6980. The van der Waals surface area contributed by atoms with Gasteiger partial charge in [-0.25, -0.2) is 48.7 Å². The molecule has 122 heavy (non-hydrogen) atoms. The zero-order chi connectivity index (χ0) is 83.6. The molecule has 0 saturated carbocycles. The highest BCUT2D eigenvalue weighted by Crippen LogP contribution is 2.53. The first-order valence-corrected chi connectivity index (χ1v) is 38.8. The van der Waals surface area contributed by atoms with E-state index >= 15 is 35.1 Å². The van der Waals surface area contributed by atoms with Crippen LogP contribution in [0.25, 0.3) is 114 Å². The molecule has 0 amide bonds. The Morgan fingerprint density at radius 2 is 0.443 bits per heavy atom. The fourth-order valence-corrected chi connectivity index (χ4v) is 16.7. The van der Waals surface area contributed by atoms with Crippen molar-refractivity contribution in [3.05, 3.63) is 439 Å². The molecule has 6 nitrogen and oxygen atoms in total. The van der Waals surface area contributed by atoms with Crippen LogP contribution in [0.4, 0.5) is 118 Å². The zero-order valence-corrected chi connectivity index (χ0v) is 64.1. The first kappa shape index (κ1) is 76.0. The minimum Gasteiger partial charge on any atom is -0.305 e. The van der Waals surface area contributed by atoms with Gasteiger partial charge in [0.15, 0.2) is 52.2 Å². The number of hydrogen-bond acceptors (Lipinski definition) is 5. The minimum atomic E-state index is -0.830. The smallest absolute Gasteiger partial charge is 0.187 e. The number of nitriles is 1. The molecule has 0 fully saturated rings. The summed E-state index contributed by atoms with van der Waals surface area (Å²) >= 11 is 0. The van der Waals surface area contributed by atoms with Gasteiger partial charge in [-0.15, -0.1) is 0 Å². The summed E-state index contributed by atoms with van der Waals surface area (Å²) in [4.78, 5) is 9.46. The first-order chi connectivity index (χ1) is 59.5. The molecule has 0 saturated heterocycles. The lowest BCUT2D eigenvalue weighted by Crippen LogP contribution is -2.15. The Hall–Kier alpha value is -16.0. The van der Waals surface area contributed by atoms with Gasteiger partial charge in [-0.3, -0.25) is 0 Å². The molecule has 20 aromatic rings. The number of halogens is 10. The molecule has 0 spiro atoms.